The smallest absolute Gasteiger partial charge is 0.339 e. The summed E-state index contributed by atoms with van der Waals surface area (Å²) in [6.07, 6.45) is 17.6. The van der Waals surface area contributed by atoms with E-state index in [1.165, 1.54) is 6.42 Å². The van der Waals surface area contributed by atoms with E-state index < -0.39 is 11.9 Å². The maximum absolute atomic E-state index is 13.5. The Kier molecular flexibility index (Phi) is 18.8. The Morgan fingerprint density at radius 3 is 2.05 bits per heavy atom. The van der Waals surface area contributed by atoms with Gasteiger partial charge in [-0.1, -0.05) is 52.0 Å². The molecule has 4 rings (SSSR count). The Bertz CT molecular complexity index is 1540. The van der Waals surface area contributed by atoms with Gasteiger partial charge in [0.25, 0.3) is 0 Å². The highest BCUT2D eigenvalue weighted by Gasteiger charge is 2.30. The SMILES string of the molecule is C=CC(=O)OCCCCCCOc1ccc(OC(=O)C2CCC(OC(=O)c3ccc(OC(=O)C4CCCCC4)cc3/C=N/N(C)CCCCCC)CC2)cc1. The predicted molar refractivity (Wildman–Crippen MR) is 211 cm³/mol. The summed E-state index contributed by atoms with van der Waals surface area (Å²) in [5.74, 6) is -0.257. The lowest BCUT2D eigenvalue weighted by Gasteiger charge is -2.27. The average Bonchev–Trinajstić information content (AvgIpc) is 3.20. The fourth-order valence-corrected chi connectivity index (χ4v) is 6.83. The van der Waals surface area contributed by atoms with Crippen LogP contribution in [0.3, 0.4) is 0 Å². The molecule has 11 heteroatoms. The molecule has 2 fully saturated rings. The number of esters is 4. The van der Waals surface area contributed by atoms with Crippen molar-refractivity contribution in [2.75, 3.05) is 26.8 Å². The zero-order valence-electron chi connectivity index (χ0n) is 32.8. The van der Waals surface area contributed by atoms with E-state index in [1.54, 1.807) is 48.7 Å². The van der Waals surface area contributed by atoms with Gasteiger partial charge in [0.05, 0.1) is 36.8 Å². The molecule has 2 aliphatic carbocycles. The van der Waals surface area contributed by atoms with Gasteiger partial charge in [-0.05, 0) is 113 Å². The summed E-state index contributed by atoms with van der Waals surface area (Å²) in [5.41, 5.74) is 0.868. The van der Waals surface area contributed by atoms with Gasteiger partial charge in [-0.15, -0.1) is 0 Å². The van der Waals surface area contributed by atoms with Crippen LogP contribution in [0, 0.1) is 11.8 Å². The second-order valence-corrected chi connectivity index (χ2v) is 14.6. The van der Waals surface area contributed by atoms with Crippen molar-refractivity contribution in [2.24, 2.45) is 16.9 Å². The van der Waals surface area contributed by atoms with E-state index in [9.17, 15) is 19.2 Å². The Labute approximate surface area is 326 Å². The first kappa shape index (κ1) is 43.1. The highest BCUT2D eigenvalue weighted by atomic mass is 16.6. The molecule has 0 spiro atoms. The van der Waals surface area contributed by atoms with E-state index in [4.69, 9.17) is 23.7 Å². The lowest BCUT2D eigenvalue weighted by Crippen LogP contribution is -2.30. The predicted octanol–water partition coefficient (Wildman–Crippen LogP) is 9.01. The summed E-state index contributed by atoms with van der Waals surface area (Å²) in [4.78, 5) is 50.5. The van der Waals surface area contributed by atoms with Crippen molar-refractivity contribution in [1.29, 1.82) is 0 Å². The molecule has 300 valence electrons. The molecule has 0 heterocycles. The lowest BCUT2D eigenvalue weighted by atomic mass is 9.87. The van der Waals surface area contributed by atoms with Crippen LogP contribution in [0.1, 0.15) is 132 Å². The summed E-state index contributed by atoms with van der Waals surface area (Å²) < 4.78 is 28.2. The highest BCUT2D eigenvalue weighted by molar-refractivity contribution is 6.00. The van der Waals surface area contributed by atoms with Crippen LogP contribution in [0.25, 0.3) is 0 Å². The minimum absolute atomic E-state index is 0.0979. The van der Waals surface area contributed by atoms with Crippen molar-refractivity contribution < 1.29 is 42.9 Å². The van der Waals surface area contributed by atoms with Gasteiger partial charge in [0.2, 0.25) is 0 Å². The number of hydrazone groups is 1. The van der Waals surface area contributed by atoms with E-state index in [0.29, 0.717) is 67.3 Å². The fourth-order valence-electron chi connectivity index (χ4n) is 6.83. The number of hydrogen-bond donors (Lipinski definition) is 0. The summed E-state index contributed by atoms with van der Waals surface area (Å²) in [6, 6.07) is 12.0. The third-order valence-corrected chi connectivity index (χ3v) is 10.2. The quantitative estimate of drug-likeness (QED) is 0.0286. The molecule has 11 nitrogen and oxygen atoms in total. The van der Waals surface area contributed by atoms with Crippen LogP contribution in [-0.4, -0.2) is 68.0 Å². The Hall–Kier alpha value is -4.67. The van der Waals surface area contributed by atoms with Gasteiger partial charge >= 0.3 is 23.9 Å². The van der Waals surface area contributed by atoms with Gasteiger partial charge in [-0.2, -0.15) is 5.10 Å². The molecule has 2 aromatic carbocycles. The van der Waals surface area contributed by atoms with Crippen LogP contribution >= 0.6 is 0 Å². The van der Waals surface area contributed by atoms with Crippen molar-refractivity contribution in [2.45, 2.75) is 122 Å². The monoisotopic (exact) mass is 760 g/mol. The molecular weight excluding hydrogens is 700 g/mol. The van der Waals surface area contributed by atoms with Gasteiger partial charge in [0, 0.05) is 25.2 Å². The number of unbranched alkanes of at least 4 members (excludes halogenated alkanes) is 6. The number of carbonyl (C=O) groups is 4. The van der Waals surface area contributed by atoms with Crippen molar-refractivity contribution in [3.05, 3.63) is 66.2 Å². The molecule has 2 aliphatic rings. The molecule has 2 saturated carbocycles. The van der Waals surface area contributed by atoms with Crippen LogP contribution in [0.4, 0.5) is 0 Å². The second kappa shape index (κ2) is 24.0. The summed E-state index contributed by atoms with van der Waals surface area (Å²) in [6.45, 7) is 7.30. The van der Waals surface area contributed by atoms with E-state index in [1.807, 2.05) is 12.1 Å². The topological polar surface area (TPSA) is 130 Å². The molecule has 0 radical (unpaired) electrons. The highest BCUT2D eigenvalue weighted by Crippen LogP contribution is 2.30. The van der Waals surface area contributed by atoms with Crippen molar-refractivity contribution in [3.63, 3.8) is 0 Å². The minimum Gasteiger partial charge on any atom is -0.494 e. The van der Waals surface area contributed by atoms with Crippen molar-refractivity contribution >= 4 is 30.1 Å². The molecule has 0 bridgehead atoms. The molecule has 0 aromatic heterocycles. The Morgan fingerprint density at radius 1 is 0.745 bits per heavy atom. The first-order valence-electron chi connectivity index (χ1n) is 20.3. The zero-order chi connectivity index (χ0) is 39.3. The van der Waals surface area contributed by atoms with E-state index in [-0.39, 0.29) is 29.9 Å². The second-order valence-electron chi connectivity index (χ2n) is 14.6. The van der Waals surface area contributed by atoms with Gasteiger partial charge in [0.15, 0.2) is 0 Å². The maximum Gasteiger partial charge on any atom is 0.339 e. The van der Waals surface area contributed by atoms with Gasteiger partial charge in [0.1, 0.15) is 23.4 Å². The number of hydrogen-bond acceptors (Lipinski definition) is 11. The first-order chi connectivity index (χ1) is 26.7. The first-order valence-corrected chi connectivity index (χ1v) is 20.3. The number of ether oxygens (including phenoxy) is 5. The van der Waals surface area contributed by atoms with Gasteiger partial charge < -0.3 is 28.7 Å². The molecule has 0 amide bonds. The molecule has 55 heavy (non-hydrogen) atoms. The maximum atomic E-state index is 13.5. The van der Waals surface area contributed by atoms with Crippen molar-refractivity contribution in [1.82, 2.24) is 5.01 Å². The fraction of sp³-hybridized carbons (Fsp3) is 0.568. The van der Waals surface area contributed by atoms with E-state index in [0.717, 1.165) is 89.7 Å². The van der Waals surface area contributed by atoms with Crippen LogP contribution in [0.2, 0.25) is 0 Å². The molecule has 2 aromatic rings. The third-order valence-electron chi connectivity index (χ3n) is 10.2. The van der Waals surface area contributed by atoms with Crippen LogP contribution < -0.4 is 14.2 Å². The van der Waals surface area contributed by atoms with E-state index in [2.05, 4.69) is 18.6 Å². The zero-order valence-corrected chi connectivity index (χ0v) is 32.8. The number of nitrogens with zero attached hydrogens (tertiary/aromatic N) is 2. The summed E-state index contributed by atoms with van der Waals surface area (Å²) >= 11 is 0. The third kappa shape index (κ3) is 15.5. The average molecular weight is 761 g/mol. The molecule has 0 N–H and O–H groups in total. The van der Waals surface area contributed by atoms with Gasteiger partial charge in [-0.3, -0.25) is 9.59 Å². The molecule has 0 aliphatic heterocycles. The lowest BCUT2D eigenvalue weighted by molar-refractivity contribution is -0.141. The molecule has 0 unspecified atom stereocenters. The van der Waals surface area contributed by atoms with Crippen LogP contribution in [-0.2, 0) is 23.9 Å². The Morgan fingerprint density at radius 2 is 1.36 bits per heavy atom. The largest absolute Gasteiger partial charge is 0.494 e. The Balaban J connectivity index is 1.23. The number of rotatable bonds is 22. The standard InChI is InChI=1S/C44H60N2O9/c1-4-6-7-13-28-46(3)45-32-35-31-39(55-42(48)33-16-11-10-12-17-33)26-27-40(35)44(50)54-37-20-18-34(19-21-37)43(49)53-38-24-22-36(23-25-38)51-29-14-8-9-15-30-52-41(47)5-2/h5,22-27,31-34,37H,2,4,6-21,28-30H2,1,3H3/b45-32+. The molecular formula is C44H60N2O9. The normalized spacial score (nSPS) is 17.3. The summed E-state index contributed by atoms with van der Waals surface area (Å²) in [5, 5.41) is 6.44. The summed E-state index contributed by atoms with van der Waals surface area (Å²) in [7, 11) is 1.90. The number of carbonyl (C=O) groups excluding carboxylic acids is 4. The molecule has 0 atom stereocenters. The van der Waals surface area contributed by atoms with Crippen molar-refractivity contribution in [3.8, 4) is 17.2 Å². The van der Waals surface area contributed by atoms with Crippen LogP contribution in [0.15, 0.2) is 60.2 Å². The number of benzene rings is 2. The van der Waals surface area contributed by atoms with Gasteiger partial charge in [-0.25, -0.2) is 9.59 Å². The van der Waals surface area contributed by atoms with Crippen LogP contribution in [0.5, 0.6) is 17.2 Å². The minimum atomic E-state index is -0.475. The van der Waals surface area contributed by atoms with E-state index >= 15 is 0 Å². The molecule has 0 saturated heterocycles.